The number of halogens is 2. The monoisotopic (exact) mass is 365 g/mol. The van der Waals surface area contributed by atoms with E-state index < -0.39 is 6.17 Å². The minimum absolute atomic E-state index is 0.153. The maximum atomic E-state index is 13.4. The second-order valence-corrected chi connectivity index (χ2v) is 6.50. The van der Waals surface area contributed by atoms with Crippen molar-refractivity contribution in [2.45, 2.75) is 19.6 Å². The van der Waals surface area contributed by atoms with Crippen molar-refractivity contribution >= 4 is 11.6 Å². The first-order chi connectivity index (χ1) is 13.0. The summed E-state index contributed by atoms with van der Waals surface area (Å²) in [6.07, 6.45) is 1.14. The fourth-order valence-corrected chi connectivity index (χ4v) is 3.27. The lowest BCUT2D eigenvalue weighted by Crippen LogP contribution is -2.32. The average Bonchev–Trinajstić information content (AvgIpc) is 2.92. The van der Waals surface area contributed by atoms with Crippen molar-refractivity contribution < 1.29 is 13.6 Å². The number of rotatable bonds is 4. The molecule has 0 fully saturated rings. The minimum Gasteiger partial charge on any atom is -0.360 e. The van der Waals surface area contributed by atoms with E-state index in [-0.39, 0.29) is 17.5 Å². The van der Waals surface area contributed by atoms with E-state index in [1.165, 1.54) is 24.3 Å². The van der Waals surface area contributed by atoms with Gasteiger partial charge in [0.25, 0.3) is 5.91 Å². The summed E-state index contributed by atoms with van der Waals surface area (Å²) in [5, 5.41) is 3.31. The molecular formula is C21H17F2N3O. The van der Waals surface area contributed by atoms with Gasteiger partial charge in [0.15, 0.2) is 0 Å². The first-order valence-electron chi connectivity index (χ1n) is 8.56. The van der Waals surface area contributed by atoms with Gasteiger partial charge in [0.2, 0.25) is 0 Å². The molecule has 2 heterocycles. The number of hydrogen-bond acceptors (Lipinski definition) is 3. The molecule has 0 spiro atoms. The standard InChI is InChI=1S/C21H17F2N3O/c1-13-11-16(23)8-9-18(13)25-20-19-17(3-2-10-24-19)21(27)26(20)12-14-4-6-15(22)7-5-14/h2-11,20,25H,12H2,1H3/t20-/m1/s1. The van der Waals surface area contributed by atoms with E-state index in [9.17, 15) is 13.6 Å². The Kier molecular flexibility index (Phi) is 4.32. The van der Waals surface area contributed by atoms with Crippen molar-refractivity contribution in [3.05, 3.63) is 94.8 Å². The van der Waals surface area contributed by atoms with Crippen LogP contribution in [-0.4, -0.2) is 15.8 Å². The SMILES string of the molecule is Cc1cc(F)ccc1N[C@H]1c2ncccc2C(=O)N1Cc1ccc(F)cc1. The Morgan fingerprint density at radius 3 is 2.56 bits per heavy atom. The van der Waals surface area contributed by atoms with Gasteiger partial charge in [-0.15, -0.1) is 0 Å². The van der Waals surface area contributed by atoms with Crippen LogP contribution >= 0.6 is 0 Å². The van der Waals surface area contributed by atoms with Crippen LogP contribution in [0.3, 0.4) is 0 Å². The second kappa shape index (κ2) is 6.79. The predicted octanol–water partition coefficient (Wildman–Crippen LogP) is 4.43. The second-order valence-electron chi connectivity index (χ2n) is 6.50. The Labute approximate surface area is 155 Å². The molecule has 1 aromatic heterocycles. The van der Waals surface area contributed by atoms with Crippen molar-refractivity contribution in [1.29, 1.82) is 0 Å². The highest BCUT2D eigenvalue weighted by molar-refractivity contribution is 5.98. The molecule has 4 nitrogen and oxygen atoms in total. The van der Waals surface area contributed by atoms with Crippen LogP contribution in [-0.2, 0) is 6.54 Å². The van der Waals surface area contributed by atoms with Crippen molar-refractivity contribution in [2.75, 3.05) is 5.32 Å². The molecule has 3 aromatic rings. The van der Waals surface area contributed by atoms with E-state index in [1.807, 2.05) is 0 Å². The van der Waals surface area contributed by atoms with Crippen LogP contribution in [0.4, 0.5) is 14.5 Å². The summed E-state index contributed by atoms with van der Waals surface area (Å²) in [5.41, 5.74) is 3.40. The van der Waals surface area contributed by atoms with Gasteiger partial charge >= 0.3 is 0 Å². The molecule has 1 aliphatic rings. The number of benzene rings is 2. The van der Waals surface area contributed by atoms with Crippen LogP contribution in [0.1, 0.15) is 33.3 Å². The summed E-state index contributed by atoms with van der Waals surface area (Å²) >= 11 is 0. The maximum absolute atomic E-state index is 13.4. The number of carbonyl (C=O) groups excluding carboxylic acids is 1. The van der Waals surface area contributed by atoms with Gasteiger partial charge in [-0.05, 0) is 60.5 Å². The Balaban J connectivity index is 1.70. The lowest BCUT2D eigenvalue weighted by Gasteiger charge is -2.27. The van der Waals surface area contributed by atoms with Crippen molar-refractivity contribution in [3.63, 3.8) is 0 Å². The number of carbonyl (C=O) groups is 1. The Morgan fingerprint density at radius 1 is 1.07 bits per heavy atom. The zero-order valence-corrected chi connectivity index (χ0v) is 14.6. The van der Waals surface area contributed by atoms with E-state index in [1.54, 1.807) is 48.4 Å². The minimum atomic E-state index is -0.497. The summed E-state index contributed by atoms with van der Waals surface area (Å²) in [6.45, 7) is 2.10. The molecule has 1 aliphatic heterocycles. The Morgan fingerprint density at radius 2 is 1.81 bits per heavy atom. The summed E-state index contributed by atoms with van der Waals surface area (Å²) in [5.74, 6) is -0.796. The van der Waals surface area contributed by atoms with Gasteiger partial charge in [0.1, 0.15) is 17.8 Å². The fraction of sp³-hybridized carbons (Fsp3) is 0.143. The lowest BCUT2D eigenvalue weighted by atomic mass is 10.1. The summed E-state index contributed by atoms with van der Waals surface area (Å²) in [7, 11) is 0. The van der Waals surface area contributed by atoms with Crippen molar-refractivity contribution in [2.24, 2.45) is 0 Å². The van der Waals surface area contributed by atoms with Gasteiger partial charge in [0.05, 0.1) is 11.3 Å². The highest BCUT2D eigenvalue weighted by Crippen LogP contribution is 2.35. The molecule has 0 radical (unpaired) electrons. The number of pyridine rings is 1. The summed E-state index contributed by atoms with van der Waals surface area (Å²) in [6, 6.07) is 13.9. The third-order valence-corrected chi connectivity index (χ3v) is 4.65. The topological polar surface area (TPSA) is 45.2 Å². The molecule has 0 bridgehead atoms. The van der Waals surface area contributed by atoms with E-state index >= 15 is 0 Å². The molecule has 2 aromatic carbocycles. The molecule has 4 rings (SSSR count). The van der Waals surface area contributed by atoms with Crippen molar-refractivity contribution in [1.82, 2.24) is 9.88 Å². The van der Waals surface area contributed by atoms with E-state index in [0.29, 0.717) is 17.8 Å². The van der Waals surface area contributed by atoms with E-state index in [4.69, 9.17) is 0 Å². The number of fused-ring (bicyclic) bond motifs is 1. The van der Waals surface area contributed by atoms with Gasteiger partial charge in [0, 0.05) is 18.4 Å². The van der Waals surface area contributed by atoms with Gasteiger partial charge in [-0.2, -0.15) is 0 Å². The zero-order chi connectivity index (χ0) is 19.0. The van der Waals surface area contributed by atoms with Gasteiger partial charge < -0.3 is 10.2 Å². The zero-order valence-electron chi connectivity index (χ0n) is 14.6. The number of anilines is 1. The number of aryl methyl sites for hydroxylation is 1. The third kappa shape index (κ3) is 3.26. The average molecular weight is 365 g/mol. The predicted molar refractivity (Wildman–Crippen MR) is 98.0 cm³/mol. The molecule has 1 N–H and O–H groups in total. The molecule has 0 saturated heterocycles. The van der Waals surface area contributed by atoms with Crippen molar-refractivity contribution in [3.8, 4) is 0 Å². The quantitative estimate of drug-likeness (QED) is 0.744. The number of hydrogen-bond donors (Lipinski definition) is 1. The number of nitrogens with one attached hydrogen (secondary N) is 1. The van der Waals surface area contributed by atoms with Crippen LogP contribution in [0.25, 0.3) is 0 Å². The molecule has 1 amide bonds. The first kappa shape index (κ1) is 17.1. The van der Waals surface area contributed by atoms with Gasteiger partial charge in [-0.1, -0.05) is 12.1 Å². The van der Waals surface area contributed by atoms with Gasteiger partial charge in [-0.25, -0.2) is 8.78 Å². The van der Waals surface area contributed by atoms with Crippen LogP contribution in [0.15, 0.2) is 60.8 Å². The molecule has 6 heteroatoms. The van der Waals surface area contributed by atoms with E-state index in [2.05, 4.69) is 10.3 Å². The van der Waals surface area contributed by atoms with Gasteiger partial charge in [-0.3, -0.25) is 9.78 Å². The molecule has 0 unspecified atom stereocenters. The van der Waals surface area contributed by atoms with E-state index in [0.717, 1.165) is 16.8 Å². The molecule has 1 atom stereocenters. The van der Waals surface area contributed by atoms with Crippen LogP contribution in [0, 0.1) is 18.6 Å². The molecule has 0 aliphatic carbocycles. The highest BCUT2D eigenvalue weighted by atomic mass is 19.1. The normalized spacial score (nSPS) is 15.7. The smallest absolute Gasteiger partial charge is 0.258 e. The number of aromatic nitrogens is 1. The van der Waals surface area contributed by atoms with Crippen LogP contribution in [0.5, 0.6) is 0 Å². The summed E-state index contributed by atoms with van der Waals surface area (Å²) in [4.78, 5) is 18.9. The first-order valence-corrected chi connectivity index (χ1v) is 8.56. The lowest BCUT2D eigenvalue weighted by molar-refractivity contribution is 0.0727. The Hall–Kier alpha value is -3.28. The molecule has 27 heavy (non-hydrogen) atoms. The highest BCUT2D eigenvalue weighted by Gasteiger charge is 2.38. The summed E-state index contributed by atoms with van der Waals surface area (Å²) < 4.78 is 26.6. The van der Waals surface area contributed by atoms with Crippen LogP contribution < -0.4 is 5.32 Å². The maximum Gasteiger partial charge on any atom is 0.258 e. The molecule has 0 saturated carbocycles. The number of amides is 1. The molecular weight excluding hydrogens is 348 g/mol. The number of nitrogens with zero attached hydrogens (tertiary/aromatic N) is 2. The third-order valence-electron chi connectivity index (χ3n) is 4.65. The fourth-order valence-electron chi connectivity index (χ4n) is 3.27. The largest absolute Gasteiger partial charge is 0.360 e. The molecule has 136 valence electrons. The van der Waals surface area contributed by atoms with Crippen LogP contribution in [0.2, 0.25) is 0 Å². The Bertz CT molecular complexity index is 1000.